The molecule has 4 rings (SSSR count). The van der Waals surface area contributed by atoms with E-state index in [1.165, 1.54) is 41.1 Å². The van der Waals surface area contributed by atoms with Gasteiger partial charge in [-0.15, -0.1) is 0 Å². The summed E-state index contributed by atoms with van der Waals surface area (Å²) in [7, 11) is 0. The lowest BCUT2D eigenvalue weighted by molar-refractivity contribution is -0.0918. The van der Waals surface area contributed by atoms with E-state index in [1.54, 1.807) is 12.1 Å². The molecule has 0 unspecified atom stereocenters. The van der Waals surface area contributed by atoms with Crippen LogP contribution in [0.25, 0.3) is 0 Å². The van der Waals surface area contributed by atoms with Crippen LogP contribution in [0.5, 0.6) is 0 Å². The molecule has 0 radical (unpaired) electrons. The quantitative estimate of drug-likeness (QED) is 0.563. The van der Waals surface area contributed by atoms with Crippen molar-refractivity contribution in [3.05, 3.63) is 87.3 Å². The first kappa shape index (κ1) is 19.5. The molecule has 1 aliphatic rings. The number of halogens is 5. The van der Waals surface area contributed by atoms with Gasteiger partial charge in [0.2, 0.25) is 5.95 Å². The number of hydrogen-bond acceptors (Lipinski definition) is 4. The minimum Gasteiger partial charge on any atom is -0.320 e. The number of benzene rings is 2. The molecule has 3 aromatic rings. The summed E-state index contributed by atoms with van der Waals surface area (Å²) in [6.07, 6.45) is -3.70. The Morgan fingerprint density at radius 2 is 1.59 bits per heavy atom. The molecule has 0 bridgehead atoms. The van der Waals surface area contributed by atoms with Gasteiger partial charge in [0, 0.05) is 15.6 Å². The summed E-state index contributed by atoms with van der Waals surface area (Å²) >= 11 is 11.8. The molecule has 2 aromatic carbocycles. The van der Waals surface area contributed by atoms with Gasteiger partial charge in [-0.2, -0.15) is 23.3 Å². The maximum atomic E-state index is 13.9. The Labute approximate surface area is 172 Å². The van der Waals surface area contributed by atoms with E-state index in [0.29, 0.717) is 15.6 Å². The van der Waals surface area contributed by atoms with Gasteiger partial charge in [0.15, 0.2) is 5.78 Å². The van der Waals surface area contributed by atoms with E-state index >= 15 is 0 Å². The molecule has 10 heteroatoms. The van der Waals surface area contributed by atoms with Crippen molar-refractivity contribution in [2.24, 2.45) is 0 Å². The lowest BCUT2D eigenvalue weighted by Gasteiger charge is -2.30. The molecule has 1 aliphatic heterocycles. The number of carbonyl (C=O) groups excluding carboxylic acids is 1. The maximum absolute atomic E-state index is 13.9. The van der Waals surface area contributed by atoms with E-state index in [9.17, 15) is 18.0 Å². The average Bonchev–Trinajstić information content (AvgIpc) is 3.15. The van der Waals surface area contributed by atoms with Gasteiger partial charge in [0.05, 0.1) is 5.57 Å². The summed E-state index contributed by atoms with van der Waals surface area (Å²) in [5.41, 5.74) is -1.21. The number of alkyl halides is 3. The van der Waals surface area contributed by atoms with Gasteiger partial charge >= 0.3 is 6.18 Å². The minimum atomic E-state index is -4.82. The lowest BCUT2D eigenvalue weighted by atomic mass is 9.89. The molecular weight excluding hydrogens is 428 g/mol. The Hall–Kier alpha value is -2.84. The second kappa shape index (κ2) is 7.20. The van der Waals surface area contributed by atoms with Crippen LogP contribution < -0.4 is 5.32 Å². The van der Waals surface area contributed by atoms with Crippen molar-refractivity contribution >= 4 is 34.9 Å². The Morgan fingerprint density at radius 1 is 1.00 bits per heavy atom. The summed E-state index contributed by atoms with van der Waals surface area (Å²) in [4.78, 5) is 17.1. The Bertz CT molecular complexity index is 1110. The fourth-order valence-electron chi connectivity index (χ4n) is 3.14. The lowest BCUT2D eigenvalue weighted by Crippen LogP contribution is -2.35. The standard InChI is InChI=1S/C19H11Cl2F3N4O/c20-12-5-1-10(2-6-12)15-14(16(29)11-3-7-13(21)8-4-11)17(19(22,23)24)27-18-25-9-26-28(15)18/h1-9,15H,(H,25,26,27)/t15-/m0/s1. The van der Waals surface area contributed by atoms with Crippen LogP contribution in [0.4, 0.5) is 19.1 Å². The molecule has 0 amide bonds. The molecule has 0 aliphatic carbocycles. The molecule has 0 fully saturated rings. The van der Waals surface area contributed by atoms with Crippen LogP contribution in [0.3, 0.4) is 0 Å². The fraction of sp³-hybridized carbons (Fsp3) is 0.105. The van der Waals surface area contributed by atoms with Crippen LogP contribution in [0, 0.1) is 0 Å². The highest BCUT2D eigenvalue weighted by Crippen LogP contribution is 2.42. The largest absolute Gasteiger partial charge is 0.431 e. The predicted molar refractivity (Wildman–Crippen MR) is 102 cm³/mol. The van der Waals surface area contributed by atoms with E-state index in [0.717, 1.165) is 6.33 Å². The van der Waals surface area contributed by atoms with Crippen LogP contribution in [0.2, 0.25) is 10.0 Å². The van der Waals surface area contributed by atoms with Crippen molar-refractivity contribution in [3.63, 3.8) is 0 Å². The predicted octanol–water partition coefficient (Wildman–Crippen LogP) is 5.30. The minimum absolute atomic E-state index is 0.0653. The van der Waals surface area contributed by atoms with Gasteiger partial charge < -0.3 is 5.32 Å². The highest BCUT2D eigenvalue weighted by Gasteiger charge is 2.45. The zero-order valence-electron chi connectivity index (χ0n) is 14.4. The number of nitrogens with one attached hydrogen (secondary N) is 1. The summed E-state index contributed by atoms with van der Waals surface area (Å²) in [6, 6.07) is 10.7. The van der Waals surface area contributed by atoms with E-state index in [2.05, 4.69) is 15.4 Å². The Balaban J connectivity index is 1.96. The number of aromatic nitrogens is 3. The van der Waals surface area contributed by atoms with E-state index in [4.69, 9.17) is 23.2 Å². The van der Waals surface area contributed by atoms with Crippen molar-refractivity contribution in [3.8, 4) is 0 Å². The molecule has 0 saturated heterocycles. The van der Waals surface area contributed by atoms with Gasteiger partial charge in [-0.05, 0) is 42.0 Å². The fourth-order valence-corrected chi connectivity index (χ4v) is 3.39. The number of hydrogen-bond donors (Lipinski definition) is 1. The third-order valence-electron chi connectivity index (χ3n) is 4.42. The Morgan fingerprint density at radius 3 is 2.17 bits per heavy atom. The van der Waals surface area contributed by atoms with Crippen molar-refractivity contribution in [2.75, 3.05) is 5.32 Å². The number of carbonyl (C=O) groups is 1. The number of ketones is 1. The average molecular weight is 439 g/mol. The number of nitrogens with zero attached hydrogens (tertiary/aromatic N) is 3. The number of allylic oxidation sites excluding steroid dienone is 2. The normalized spacial score (nSPS) is 16.4. The Kier molecular flexibility index (Phi) is 4.84. The van der Waals surface area contributed by atoms with Gasteiger partial charge in [-0.1, -0.05) is 35.3 Å². The van der Waals surface area contributed by atoms with E-state index in [-0.39, 0.29) is 11.5 Å². The van der Waals surface area contributed by atoms with Crippen molar-refractivity contribution in [1.82, 2.24) is 14.8 Å². The number of anilines is 1. The van der Waals surface area contributed by atoms with Crippen molar-refractivity contribution < 1.29 is 18.0 Å². The monoisotopic (exact) mass is 438 g/mol. The van der Waals surface area contributed by atoms with Gasteiger partial charge in [0.25, 0.3) is 0 Å². The van der Waals surface area contributed by atoms with Crippen molar-refractivity contribution in [1.29, 1.82) is 0 Å². The third-order valence-corrected chi connectivity index (χ3v) is 4.92. The molecular formula is C19H11Cl2F3N4O. The molecule has 1 aromatic heterocycles. The molecule has 148 valence electrons. The molecule has 0 saturated carbocycles. The van der Waals surface area contributed by atoms with Crippen LogP contribution in [-0.4, -0.2) is 26.7 Å². The van der Waals surface area contributed by atoms with Gasteiger partial charge in [-0.25, -0.2) is 4.68 Å². The van der Waals surface area contributed by atoms with Crippen molar-refractivity contribution in [2.45, 2.75) is 12.2 Å². The van der Waals surface area contributed by atoms with E-state index in [1.807, 2.05) is 0 Å². The van der Waals surface area contributed by atoms with Crippen LogP contribution in [0.1, 0.15) is 22.0 Å². The maximum Gasteiger partial charge on any atom is 0.431 e. The molecule has 1 atom stereocenters. The SMILES string of the molecule is O=C(C1=C(C(F)(F)F)Nc2ncnn2[C@H]1c1ccc(Cl)cc1)c1ccc(Cl)cc1. The van der Waals surface area contributed by atoms with Crippen LogP contribution >= 0.6 is 23.2 Å². The summed E-state index contributed by atoms with van der Waals surface area (Å²) in [5.74, 6) is -0.924. The zero-order valence-corrected chi connectivity index (χ0v) is 15.9. The number of fused-ring (bicyclic) bond motifs is 1. The number of rotatable bonds is 3. The highest BCUT2D eigenvalue weighted by molar-refractivity contribution is 6.31. The molecule has 2 heterocycles. The first-order chi connectivity index (χ1) is 13.8. The second-order valence-corrected chi connectivity index (χ2v) is 7.10. The third kappa shape index (κ3) is 3.61. The molecule has 5 nitrogen and oxygen atoms in total. The summed E-state index contributed by atoms with van der Waals surface area (Å²) in [5, 5.41) is 7.01. The topological polar surface area (TPSA) is 59.8 Å². The van der Waals surface area contributed by atoms with Crippen LogP contribution in [-0.2, 0) is 0 Å². The zero-order chi connectivity index (χ0) is 20.8. The van der Waals surface area contributed by atoms with Crippen LogP contribution in [0.15, 0.2) is 66.1 Å². The number of Topliss-reactive ketones (excluding diaryl/α,β-unsaturated/α-hetero) is 1. The second-order valence-electron chi connectivity index (χ2n) is 6.23. The molecule has 1 N–H and O–H groups in total. The first-order valence-electron chi connectivity index (χ1n) is 8.29. The smallest absolute Gasteiger partial charge is 0.320 e. The van der Waals surface area contributed by atoms with Gasteiger partial charge in [0.1, 0.15) is 18.1 Å². The molecule has 0 spiro atoms. The first-order valence-corrected chi connectivity index (χ1v) is 9.05. The highest BCUT2D eigenvalue weighted by atomic mass is 35.5. The molecule has 29 heavy (non-hydrogen) atoms. The van der Waals surface area contributed by atoms with Gasteiger partial charge in [-0.3, -0.25) is 4.79 Å². The summed E-state index contributed by atoms with van der Waals surface area (Å²) in [6.45, 7) is 0. The summed E-state index contributed by atoms with van der Waals surface area (Å²) < 4.78 is 43.0. The van der Waals surface area contributed by atoms with E-state index < -0.39 is 29.3 Å².